The van der Waals surface area contributed by atoms with Crippen molar-refractivity contribution in [2.75, 3.05) is 26.3 Å². The predicted octanol–water partition coefficient (Wildman–Crippen LogP) is 3.28. The largest absolute Gasteiger partial charge is 0.381 e. The van der Waals surface area contributed by atoms with E-state index in [2.05, 4.69) is 28.9 Å². The van der Waals surface area contributed by atoms with Crippen molar-refractivity contribution in [1.82, 2.24) is 9.88 Å². The van der Waals surface area contributed by atoms with Crippen molar-refractivity contribution >= 4 is 0 Å². The van der Waals surface area contributed by atoms with Gasteiger partial charge in [-0.25, -0.2) is 0 Å². The third kappa shape index (κ3) is 3.21. The van der Waals surface area contributed by atoms with E-state index in [4.69, 9.17) is 4.74 Å². The Balaban J connectivity index is 1.53. The molecule has 20 heavy (non-hydrogen) atoms. The molecule has 3 nitrogen and oxygen atoms in total. The highest BCUT2D eigenvalue weighted by Gasteiger charge is 2.29. The molecule has 2 saturated heterocycles. The number of hydrogen-bond donors (Lipinski definition) is 0. The highest BCUT2D eigenvalue weighted by Crippen LogP contribution is 2.34. The van der Waals surface area contributed by atoms with E-state index in [0.717, 1.165) is 25.0 Å². The van der Waals surface area contributed by atoms with Crippen LogP contribution in [0.1, 0.15) is 44.3 Å². The molecule has 0 aliphatic carbocycles. The Morgan fingerprint density at radius 1 is 1.10 bits per heavy atom. The Bertz CT molecular complexity index is 395. The average molecular weight is 274 g/mol. The second-order valence-corrected chi connectivity index (χ2v) is 6.25. The van der Waals surface area contributed by atoms with Gasteiger partial charge in [0.2, 0.25) is 0 Å². The topological polar surface area (TPSA) is 25.4 Å². The van der Waals surface area contributed by atoms with Crippen LogP contribution in [0.15, 0.2) is 24.4 Å². The fourth-order valence-electron chi connectivity index (χ4n) is 3.78. The van der Waals surface area contributed by atoms with Gasteiger partial charge < -0.3 is 4.74 Å². The van der Waals surface area contributed by atoms with Gasteiger partial charge in [-0.15, -0.1) is 0 Å². The molecule has 3 heteroatoms. The number of nitrogens with zero attached hydrogens (tertiary/aromatic N) is 2. The number of aromatic nitrogens is 1. The van der Waals surface area contributed by atoms with Gasteiger partial charge in [-0.3, -0.25) is 9.88 Å². The first-order valence-corrected chi connectivity index (χ1v) is 8.07. The van der Waals surface area contributed by atoms with Crippen molar-refractivity contribution < 1.29 is 4.74 Å². The first-order valence-electron chi connectivity index (χ1n) is 8.07. The monoisotopic (exact) mass is 274 g/mol. The summed E-state index contributed by atoms with van der Waals surface area (Å²) in [5, 5.41) is 0. The molecule has 0 amide bonds. The predicted molar refractivity (Wildman–Crippen MR) is 80.5 cm³/mol. The van der Waals surface area contributed by atoms with Crippen LogP contribution in [0.5, 0.6) is 0 Å². The van der Waals surface area contributed by atoms with Crippen LogP contribution < -0.4 is 0 Å². The molecule has 1 aromatic heterocycles. The Morgan fingerprint density at radius 3 is 2.45 bits per heavy atom. The molecule has 2 aliphatic rings. The molecule has 0 radical (unpaired) electrons. The normalized spacial score (nSPS) is 24.6. The lowest BCUT2D eigenvalue weighted by Gasteiger charge is -2.39. The summed E-state index contributed by atoms with van der Waals surface area (Å²) in [5.74, 6) is 1.84. The van der Waals surface area contributed by atoms with Gasteiger partial charge in [-0.05, 0) is 69.7 Å². The van der Waals surface area contributed by atoms with Crippen molar-refractivity contribution in [2.45, 2.75) is 38.6 Å². The van der Waals surface area contributed by atoms with Crippen LogP contribution in [0.4, 0.5) is 0 Å². The van der Waals surface area contributed by atoms with E-state index in [1.807, 2.05) is 12.3 Å². The molecule has 1 atom stereocenters. The van der Waals surface area contributed by atoms with Gasteiger partial charge in [0.05, 0.1) is 5.69 Å². The van der Waals surface area contributed by atoms with Gasteiger partial charge in [-0.1, -0.05) is 6.07 Å². The lowest BCUT2D eigenvalue weighted by atomic mass is 9.80. The minimum Gasteiger partial charge on any atom is -0.381 e. The first kappa shape index (κ1) is 14.0. The van der Waals surface area contributed by atoms with Crippen LogP contribution >= 0.6 is 0 Å². The molecule has 2 aliphatic heterocycles. The zero-order valence-electron chi connectivity index (χ0n) is 12.5. The maximum atomic E-state index is 5.49. The maximum absolute atomic E-state index is 5.49. The van der Waals surface area contributed by atoms with Crippen molar-refractivity contribution in [3.63, 3.8) is 0 Å². The lowest BCUT2D eigenvalue weighted by molar-refractivity contribution is 0.0256. The van der Waals surface area contributed by atoms with Gasteiger partial charge in [0.15, 0.2) is 0 Å². The summed E-state index contributed by atoms with van der Waals surface area (Å²) in [6, 6.07) is 6.68. The molecular weight excluding hydrogens is 248 g/mol. The fraction of sp³-hybridized carbons (Fsp3) is 0.706. The fourth-order valence-corrected chi connectivity index (χ4v) is 3.78. The van der Waals surface area contributed by atoms with E-state index < -0.39 is 0 Å². The van der Waals surface area contributed by atoms with Gasteiger partial charge >= 0.3 is 0 Å². The summed E-state index contributed by atoms with van der Waals surface area (Å²) in [6.45, 7) is 6.70. The van der Waals surface area contributed by atoms with Crippen LogP contribution in [-0.2, 0) is 4.74 Å². The summed E-state index contributed by atoms with van der Waals surface area (Å²) >= 11 is 0. The molecule has 3 heterocycles. The van der Waals surface area contributed by atoms with E-state index in [0.29, 0.717) is 6.04 Å². The third-order valence-corrected chi connectivity index (χ3v) is 5.17. The second kappa shape index (κ2) is 6.68. The van der Waals surface area contributed by atoms with Crippen molar-refractivity contribution in [2.24, 2.45) is 11.8 Å². The molecule has 0 aromatic carbocycles. The van der Waals surface area contributed by atoms with Crippen molar-refractivity contribution in [1.29, 1.82) is 0 Å². The number of hydrogen-bond acceptors (Lipinski definition) is 3. The van der Waals surface area contributed by atoms with Gasteiger partial charge in [0, 0.05) is 25.5 Å². The molecule has 1 aromatic rings. The molecule has 0 bridgehead atoms. The van der Waals surface area contributed by atoms with Crippen molar-refractivity contribution in [3.8, 4) is 0 Å². The number of ether oxygens (including phenoxy) is 1. The molecule has 0 spiro atoms. The van der Waals surface area contributed by atoms with Crippen LogP contribution in [-0.4, -0.2) is 36.2 Å². The molecule has 110 valence electrons. The zero-order chi connectivity index (χ0) is 13.8. The minimum absolute atomic E-state index is 0.451. The van der Waals surface area contributed by atoms with Crippen LogP contribution in [0.25, 0.3) is 0 Å². The first-order chi connectivity index (χ1) is 9.84. The Hall–Kier alpha value is -0.930. The standard InChI is InChI=1S/C17H26N2O/c1-14(17-4-2-3-9-18-17)19-10-5-15(6-11-19)16-7-12-20-13-8-16/h2-4,9,14-16H,5-8,10-13H2,1H3/t14-/m1/s1. The number of pyridine rings is 1. The summed E-state index contributed by atoms with van der Waals surface area (Å²) in [5.41, 5.74) is 1.21. The molecule has 2 fully saturated rings. The highest BCUT2D eigenvalue weighted by molar-refractivity contribution is 5.08. The van der Waals surface area contributed by atoms with E-state index in [-0.39, 0.29) is 0 Å². The maximum Gasteiger partial charge on any atom is 0.0572 e. The minimum atomic E-state index is 0.451. The number of likely N-dealkylation sites (tertiary alicyclic amines) is 1. The smallest absolute Gasteiger partial charge is 0.0572 e. The molecule has 0 unspecified atom stereocenters. The van der Waals surface area contributed by atoms with Gasteiger partial charge in [0.25, 0.3) is 0 Å². The SMILES string of the molecule is C[C@H](c1ccccn1)N1CCC(C2CCOCC2)CC1. The average Bonchev–Trinajstić information content (AvgIpc) is 2.56. The zero-order valence-corrected chi connectivity index (χ0v) is 12.5. The summed E-state index contributed by atoms with van der Waals surface area (Å²) < 4.78 is 5.49. The Morgan fingerprint density at radius 2 is 1.80 bits per heavy atom. The molecule has 3 rings (SSSR count). The summed E-state index contributed by atoms with van der Waals surface area (Å²) in [4.78, 5) is 7.10. The second-order valence-electron chi connectivity index (χ2n) is 6.25. The quantitative estimate of drug-likeness (QED) is 0.846. The third-order valence-electron chi connectivity index (χ3n) is 5.17. The van der Waals surface area contributed by atoms with Crippen LogP contribution in [0.3, 0.4) is 0 Å². The lowest BCUT2D eigenvalue weighted by Crippen LogP contribution is -2.39. The highest BCUT2D eigenvalue weighted by atomic mass is 16.5. The summed E-state index contributed by atoms with van der Waals surface area (Å²) in [6.07, 6.45) is 7.16. The van der Waals surface area contributed by atoms with E-state index >= 15 is 0 Å². The molecule has 0 N–H and O–H groups in total. The van der Waals surface area contributed by atoms with Gasteiger partial charge in [-0.2, -0.15) is 0 Å². The Kier molecular flexibility index (Phi) is 4.69. The Labute approximate surface area is 122 Å². The van der Waals surface area contributed by atoms with Crippen LogP contribution in [0, 0.1) is 11.8 Å². The summed E-state index contributed by atoms with van der Waals surface area (Å²) in [7, 11) is 0. The van der Waals surface area contributed by atoms with Crippen molar-refractivity contribution in [3.05, 3.63) is 30.1 Å². The van der Waals surface area contributed by atoms with Crippen LogP contribution in [0.2, 0.25) is 0 Å². The molecule has 0 saturated carbocycles. The van der Waals surface area contributed by atoms with E-state index in [9.17, 15) is 0 Å². The number of piperidine rings is 1. The number of rotatable bonds is 3. The van der Waals surface area contributed by atoms with Gasteiger partial charge in [0.1, 0.15) is 0 Å². The van der Waals surface area contributed by atoms with E-state index in [1.54, 1.807) is 0 Å². The van der Waals surface area contributed by atoms with E-state index in [1.165, 1.54) is 44.5 Å². The molecular formula is C17H26N2O.